The Labute approximate surface area is 195 Å². The van der Waals surface area contributed by atoms with Crippen molar-refractivity contribution in [3.63, 3.8) is 0 Å². The van der Waals surface area contributed by atoms with Gasteiger partial charge < -0.3 is 14.8 Å². The van der Waals surface area contributed by atoms with Crippen LogP contribution >= 0.6 is 11.3 Å². The number of ether oxygens (including phenoxy) is 2. The lowest BCUT2D eigenvalue weighted by Crippen LogP contribution is -2.47. The molecule has 0 aliphatic carbocycles. The summed E-state index contributed by atoms with van der Waals surface area (Å²) in [6, 6.07) is 9.86. The van der Waals surface area contributed by atoms with Gasteiger partial charge >= 0.3 is 0 Å². The maximum atomic E-state index is 13.2. The quantitative estimate of drug-likeness (QED) is 0.485. The third-order valence-electron chi connectivity index (χ3n) is 5.18. The molecule has 2 amide bonds. The van der Waals surface area contributed by atoms with Crippen molar-refractivity contribution >= 4 is 28.3 Å². The topological polar surface area (TPSA) is 102 Å². The van der Waals surface area contributed by atoms with Gasteiger partial charge in [-0.3, -0.25) is 14.9 Å². The van der Waals surface area contributed by atoms with Crippen molar-refractivity contribution in [3.05, 3.63) is 53.8 Å². The Kier molecular flexibility index (Phi) is 7.94. The summed E-state index contributed by atoms with van der Waals surface area (Å²) in [6.45, 7) is 3.81. The zero-order chi connectivity index (χ0) is 24.0. The fraction of sp³-hybridized carbons (Fsp3) is 0.304. The Morgan fingerprint density at radius 1 is 1.09 bits per heavy atom. The lowest BCUT2D eigenvalue weighted by atomic mass is 9.98. The Morgan fingerprint density at radius 3 is 2.45 bits per heavy atom. The highest BCUT2D eigenvalue weighted by atomic mass is 32.1. The van der Waals surface area contributed by atoms with Crippen LogP contribution in [0.1, 0.15) is 30.6 Å². The summed E-state index contributed by atoms with van der Waals surface area (Å²) in [6.07, 6.45) is 0.662. The van der Waals surface area contributed by atoms with E-state index in [1.54, 1.807) is 30.3 Å². The monoisotopic (exact) mass is 472 g/mol. The lowest BCUT2D eigenvalue weighted by molar-refractivity contribution is -0.119. The van der Waals surface area contributed by atoms with Gasteiger partial charge in [-0.05, 0) is 42.3 Å². The number of rotatable bonds is 9. The van der Waals surface area contributed by atoms with Crippen LogP contribution in [0.4, 0.5) is 9.52 Å². The van der Waals surface area contributed by atoms with Crippen LogP contribution in [0.25, 0.3) is 10.6 Å². The first-order chi connectivity index (χ1) is 15.9. The van der Waals surface area contributed by atoms with Gasteiger partial charge in [0.1, 0.15) is 28.4 Å². The molecule has 0 spiro atoms. The van der Waals surface area contributed by atoms with Gasteiger partial charge in [0.15, 0.2) is 0 Å². The third kappa shape index (κ3) is 5.83. The highest BCUT2D eigenvalue weighted by Gasteiger charge is 2.28. The number of methoxy groups -OCH3 is 2. The van der Waals surface area contributed by atoms with Crippen LogP contribution in [0.3, 0.4) is 0 Å². The standard InChI is InChI=1S/C23H25FN4O4S/c1-5-13(2)19(25-20(29)17-11-10-16(31-3)12-18(17)32-4)21(30)26-23-28-27-22(33-23)14-6-8-15(24)9-7-14/h6-13,19H,5H2,1-4H3,(H,25,29)(H,26,28,30). The molecule has 0 bridgehead atoms. The Bertz CT molecular complexity index is 1120. The molecule has 33 heavy (non-hydrogen) atoms. The van der Waals surface area contributed by atoms with Crippen LogP contribution in [0.15, 0.2) is 42.5 Å². The Balaban J connectivity index is 1.76. The summed E-state index contributed by atoms with van der Waals surface area (Å²) in [5.41, 5.74) is 0.974. The second-order valence-electron chi connectivity index (χ2n) is 7.31. The van der Waals surface area contributed by atoms with Gasteiger partial charge in [0.25, 0.3) is 5.91 Å². The molecule has 0 saturated heterocycles. The molecule has 2 unspecified atom stereocenters. The number of amides is 2. The lowest BCUT2D eigenvalue weighted by Gasteiger charge is -2.23. The van der Waals surface area contributed by atoms with E-state index in [1.807, 2.05) is 13.8 Å². The first-order valence-electron chi connectivity index (χ1n) is 10.3. The van der Waals surface area contributed by atoms with Gasteiger partial charge in [-0.2, -0.15) is 0 Å². The molecule has 1 aromatic heterocycles. The number of nitrogens with one attached hydrogen (secondary N) is 2. The summed E-state index contributed by atoms with van der Waals surface area (Å²) >= 11 is 1.16. The highest BCUT2D eigenvalue weighted by molar-refractivity contribution is 7.18. The van der Waals surface area contributed by atoms with E-state index < -0.39 is 17.9 Å². The maximum absolute atomic E-state index is 13.2. The number of nitrogens with zero attached hydrogens (tertiary/aromatic N) is 2. The van der Waals surface area contributed by atoms with Crippen molar-refractivity contribution in [1.29, 1.82) is 0 Å². The minimum absolute atomic E-state index is 0.150. The van der Waals surface area contributed by atoms with Crippen molar-refractivity contribution in [2.75, 3.05) is 19.5 Å². The molecule has 10 heteroatoms. The van der Waals surface area contributed by atoms with Gasteiger partial charge in [-0.25, -0.2) is 4.39 Å². The van der Waals surface area contributed by atoms with Crippen LogP contribution in [-0.2, 0) is 4.79 Å². The summed E-state index contributed by atoms with van der Waals surface area (Å²) in [5.74, 6) is -0.470. The van der Waals surface area contributed by atoms with Gasteiger partial charge in [-0.15, -0.1) is 10.2 Å². The van der Waals surface area contributed by atoms with Crippen LogP contribution < -0.4 is 20.1 Å². The predicted octanol–water partition coefficient (Wildman–Crippen LogP) is 4.14. The zero-order valence-electron chi connectivity index (χ0n) is 18.7. The number of halogens is 1. The Morgan fingerprint density at radius 2 is 1.82 bits per heavy atom. The largest absolute Gasteiger partial charge is 0.497 e. The molecule has 8 nitrogen and oxygen atoms in total. The number of aromatic nitrogens is 2. The Hall–Kier alpha value is -3.53. The molecule has 2 aromatic carbocycles. The maximum Gasteiger partial charge on any atom is 0.255 e. The molecule has 1 heterocycles. The normalized spacial score (nSPS) is 12.5. The molecule has 0 aliphatic rings. The first kappa shape index (κ1) is 24.1. The third-order valence-corrected chi connectivity index (χ3v) is 6.07. The van der Waals surface area contributed by atoms with Crippen molar-refractivity contribution in [1.82, 2.24) is 15.5 Å². The minimum atomic E-state index is -0.813. The van der Waals surface area contributed by atoms with E-state index in [0.717, 1.165) is 11.3 Å². The van der Waals surface area contributed by atoms with Gasteiger partial charge in [0.2, 0.25) is 11.0 Å². The van der Waals surface area contributed by atoms with Crippen LogP contribution in [0.2, 0.25) is 0 Å². The fourth-order valence-electron chi connectivity index (χ4n) is 3.07. The van der Waals surface area contributed by atoms with E-state index in [2.05, 4.69) is 20.8 Å². The number of anilines is 1. The van der Waals surface area contributed by atoms with Crippen LogP contribution in [0.5, 0.6) is 11.5 Å². The molecule has 0 saturated carbocycles. The molecule has 174 valence electrons. The fourth-order valence-corrected chi connectivity index (χ4v) is 3.83. The highest BCUT2D eigenvalue weighted by Crippen LogP contribution is 2.27. The summed E-state index contributed by atoms with van der Waals surface area (Å²) in [5, 5.41) is 14.4. The minimum Gasteiger partial charge on any atom is -0.497 e. The van der Waals surface area contributed by atoms with E-state index in [0.29, 0.717) is 28.5 Å². The van der Waals surface area contributed by atoms with E-state index in [1.165, 1.54) is 26.4 Å². The van der Waals surface area contributed by atoms with Gasteiger partial charge in [-0.1, -0.05) is 31.6 Å². The molecular weight excluding hydrogens is 447 g/mol. The van der Waals surface area contributed by atoms with Crippen molar-refractivity contribution < 1.29 is 23.5 Å². The van der Waals surface area contributed by atoms with E-state index in [-0.39, 0.29) is 22.4 Å². The molecule has 0 aliphatic heterocycles. The average molecular weight is 473 g/mol. The second kappa shape index (κ2) is 10.9. The number of carbonyl (C=O) groups excluding carboxylic acids is 2. The number of hydrogen-bond acceptors (Lipinski definition) is 7. The van der Waals surface area contributed by atoms with E-state index in [4.69, 9.17) is 9.47 Å². The second-order valence-corrected chi connectivity index (χ2v) is 8.29. The summed E-state index contributed by atoms with van der Waals surface area (Å²) in [7, 11) is 2.98. The van der Waals surface area contributed by atoms with Crippen molar-refractivity contribution in [2.45, 2.75) is 26.3 Å². The van der Waals surface area contributed by atoms with Gasteiger partial charge in [0, 0.05) is 11.6 Å². The number of benzene rings is 2. The van der Waals surface area contributed by atoms with Gasteiger partial charge in [0.05, 0.1) is 19.8 Å². The summed E-state index contributed by atoms with van der Waals surface area (Å²) < 4.78 is 23.6. The van der Waals surface area contributed by atoms with Crippen molar-refractivity contribution in [2.24, 2.45) is 5.92 Å². The van der Waals surface area contributed by atoms with E-state index >= 15 is 0 Å². The zero-order valence-corrected chi connectivity index (χ0v) is 19.5. The summed E-state index contributed by atoms with van der Waals surface area (Å²) in [4.78, 5) is 26.0. The molecular formula is C23H25FN4O4S. The molecule has 0 fully saturated rings. The van der Waals surface area contributed by atoms with Crippen LogP contribution in [-0.4, -0.2) is 42.3 Å². The predicted molar refractivity (Wildman–Crippen MR) is 124 cm³/mol. The molecule has 3 rings (SSSR count). The number of hydrogen-bond donors (Lipinski definition) is 2. The first-order valence-corrected chi connectivity index (χ1v) is 11.1. The molecule has 2 atom stereocenters. The van der Waals surface area contributed by atoms with Crippen molar-refractivity contribution in [3.8, 4) is 22.1 Å². The molecule has 0 radical (unpaired) electrons. The molecule has 2 N–H and O–H groups in total. The average Bonchev–Trinajstić information content (AvgIpc) is 3.30. The number of carbonyl (C=O) groups is 2. The molecule has 3 aromatic rings. The van der Waals surface area contributed by atoms with E-state index in [9.17, 15) is 14.0 Å². The van der Waals surface area contributed by atoms with Crippen LogP contribution in [0, 0.1) is 11.7 Å². The smallest absolute Gasteiger partial charge is 0.255 e. The SMILES string of the molecule is CCC(C)C(NC(=O)c1ccc(OC)cc1OC)C(=O)Nc1nnc(-c2ccc(F)cc2)s1.